The van der Waals surface area contributed by atoms with Crippen molar-refractivity contribution >= 4 is 23.5 Å². The van der Waals surface area contributed by atoms with Crippen LogP contribution in [-0.2, 0) is 20.7 Å². The molecule has 1 aromatic carbocycles. The van der Waals surface area contributed by atoms with Gasteiger partial charge in [-0.05, 0) is 43.0 Å². The number of nitrogens with zero attached hydrogens (tertiary/aromatic N) is 1. The second-order valence-electron chi connectivity index (χ2n) is 6.53. The van der Waals surface area contributed by atoms with E-state index in [2.05, 4.69) is 5.32 Å². The Labute approximate surface area is 146 Å². The summed E-state index contributed by atoms with van der Waals surface area (Å²) < 4.78 is 5.34. The molecule has 1 fully saturated rings. The Morgan fingerprint density at radius 2 is 2.16 bits per heavy atom. The zero-order valence-corrected chi connectivity index (χ0v) is 14.2. The van der Waals surface area contributed by atoms with E-state index in [-0.39, 0.29) is 11.8 Å². The molecule has 0 aliphatic carbocycles. The van der Waals surface area contributed by atoms with Gasteiger partial charge in [0.15, 0.2) is 0 Å². The molecule has 0 radical (unpaired) electrons. The molecule has 7 heteroatoms. The van der Waals surface area contributed by atoms with Crippen molar-refractivity contribution < 1.29 is 24.2 Å². The molecule has 2 heterocycles. The number of rotatable bonds is 4. The summed E-state index contributed by atoms with van der Waals surface area (Å²) >= 11 is 0. The lowest BCUT2D eigenvalue weighted by molar-refractivity contribution is -0.142. The number of carbonyl (C=O) groups is 3. The third-order valence-corrected chi connectivity index (χ3v) is 4.84. The minimum absolute atomic E-state index is 0.0285. The molecule has 0 bridgehead atoms. The number of ether oxygens (including phenoxy) is 1. The molecule has 7 nitrogen and oxygen atoms in total. The van der Waals surface area contributed by atoms with Gasteiger partial charge in [0.1, 0.15) is 6.04 Å². The second-order valence-corrected chi connectivity index (χ2v) is 6.53. The number of benzene rings is 1. The summed E-state index contributed by atoms with van der Waals surface area (Å²) in [5.74, 6) is -1.72. The minimum Gasteiger partial charge on any atom is -0.480 e. The molecule has 2 unspecified atom stereocenters. The van der Waals surface area contributed by atoms with Crippen LogP contribution in [0, 0.1) is 5.92 Å². The number of amides is 2. The summed E-state index contributed by atoms with van der Waals surface area (Å²) in [6.45, 7) is 3.09. The molecule has 0 spiro atoms. The molecule has 0 saturated carbocycles. The van der Waals surface area contributed by atoms with Crippen LogP contribution in [0.15, 0.2) is 18.2 Å². The number of aliphatic carboxylic acids is 1. The highest BCUT2D eigenvalue weighted by Gasteiger charge is 2.32. The summed E-state index contributed by atoms with van der Waals surface area (Å²) in [6.07, 6.45) is 2.20. The normalized spacial score (nSPS) is 20.7. The van der Waals surface area contributed by atoms with E-state index in [0.29, 0.717) is 31.7 Å². The highest BCUT2D eigenvalue weighted by Crippen LogP contribution is 2.29. The van der Waals surface area contributed by atoms with Gasteiger partial charge in [-0.2, -0.15) is 0 Å². The van der Waals surface area contributed by atoms with Gasteiger partial charge in [0, 0.05) is 37.2 Å². The van der Waals surface area contributed by atoms with Crippen LogP contribution in [0.2, 0.25) is 0 Å². The van der Waals surface area contributed by atoms with Crippen molar-refractivity contribution in [3.63, 3.8) is 0 Å². The standard InChI is InChI=1S/C18H22N2O5/c1-11(21)20-7-6-12-9-13(4-5-15(12)20)17(22)19-16(18(23)24)14-3-2-8-25-10-14/h4-5,9,14,16H,2-3,6-8,10H2,1H3,(H,19,22)(H,23,24). The Morgan fingerprint density at radius 3 is 2.80 bits per heavy atom. The average molecular weight is 346 g/mol. The SMILES string of the molecule is CC(=O)N1CCc2cc(C(=O)NC(C(=O)O)C3CCCOC3)ccc21. The Balaban J connectivity index is 1.74. The predicted molar refractivity (Wildman–Crippen MR) is 90.6 cm³/mol. The van der Waals surface area contributed by atoms with Crippen molar-refractivity contribution in [2.24, 2.45) is 5.92 Å². The number of fused-ring (bicyclic) bond motifs is 1. The molecule has 1 saturated heterocycles. The minimum atomic E-state index is -1.05. The lowest BCUT2D eigenvalue weighted by Gasteiger charge is -2.28. The lowest BCUT2D eigenvalue weighted by atomic mass is 9.93. The van der Waals surface area contributed by atoms with Crippen LogP contribution in [0.4, 0.5) is 5.69 Å². The Kier molecular flexibility index (Phi) is 5.03. The monoisotopic (exact) mass is 346 g/mol. The molecule has 0 aromatic heterocycles. The van der Waals surface area contributed by atoms with Gasteiger partial charge in [-0.15, -0.1) is 0 Å². The Bertz CT molecular complexity index is 697. The van der Waals surface area contributed by atoms with E-state index in [4.69, 9.17) is 4.74 Å². The lowest BCUT2D eigenvalue weighted by Crippen LogP contribution is -2.48. The molecule has 2 aliphatic heterocycles. The maximum Gasteiger partial charge on any atom is 0.326 e. The first-order valence-corrected chi connectivity index (χ1v) is 8.50. The van der Waals surface area contributed by atoms with Crippen LogP contribution in [0.3, 0.4) is 0 Å². The van der Waals surface area contributed by atoms with Gasteiger partial charge in [-0.25, -0.2) is 4.79 Å². The average Bonchev–Trinajstić information content (AvgIpc) is 3.03. The third-order valence-electron chi connectivity index (χ3n) is 4.84. The molecule has 25 heavy (non-hydrogen) atoms. The van der Waals surface area contributed by atoms with Crippen molar-refractivity contribution in [3.05, 3.63) is 29.3 Å². The van der Waals surface area contributed by atoms with Crippen molar-refractivity contribution in [1.82, 2.24) is 5.32 Å². The Hall–Kier alpha value is -2.41. The maximum atomic E-state index is 12.5. The first-order chi connectivity index (χ1) is 12.0. The van der Waals surface area contributed by atoms with E-state index >= 15 is 0 Å². The number of nitrogens with one attached hydrogen (secondary N) is 1. The van der Waals surface area contributed by atoms with E-state index in [1.807, 2.05) is 0 Å². The van der Waals surface area contributed by atoms with Gasteiger partial charge >= 0.3 is 5.97 Å². The van der Waals surface area contributed by atoms with Crippen molar-refractivity contribution in [2.45, 2.75) is 32.2 Å². The molecule has 3 rings (SSSR count). The number of carboxylic acids is 1. The zero-order valence-electron chi connectivity index (χ0n) is 14.2. The summed E-state index contributed by atoms with van der Waals surface area (Å²) in [5, 5.41) is 12.1. The van der Waals surface area contributed by atoms with Gasteiger partial charge in [-0.3, -0.25) is 9.59 Å². The second kappa shape index (κ2) is 7.23. The number of carbonyl (C=O) groups excluding carboxylic acids is 2. The van der Waals surface area contributed by atoms with Gasteiger partial charge in [0.05, 0.1) is 6.61 Å². The zero-order chi connectivity index (χ0) is 18.0. The van der Waals surface area contributed by atoms with Crippen LogP contribution in [0.25, 0.3) is 0 Å². The maximum absolute atomic E-state index is 12.5. The quantitative estimate of drug-likeness (QED) is 0.854. The first kappa shape index (κ1) is 17.4. The largest absolute Gasteiger partial charge is 0.480 e. The fraction of sp³-hybridized carbons (Fsp3) is 0.500. The molecule has 2 amide bonds. The molecular weight excluding hydrogens is 324 g/mol. The number of anilines is 1. The summed E-state index contributed by atoms with van der Waals surface area (Å²) in [4.78, 5) is 37.3. The van der Waals surface area contributed by atoms with E-state index in [0.717, 1.165) is 24.1 Å². The van der Waals surface area contributed by atoms with Crippen LogP contribution < -0.4 is 10.2 Å². The summed E-state index contributed by atoms with van der Waals surface area (Å²) in [7, 11) is 0. The number of hydrogen-bond acceptors (Lipinski definition) is 4. The van der Waals surface area contributed by atoms with E-state index < -0.39 is 17.9 Å². The van der Waals surface area contributed by atoms with Crippen LogP contribution in [0.1, 0.15) is 35.7 Å². The summed E-state index contributed by atoms with van der Waals surface area (Å²) in [5.41, 5.74) is 2.15. The topological polar surface area (TPSA) is 95.9 Å². The van der Waals surface area contributed by atoms with E-state index in [1.165, 1.54) is 6.92 Å². The number of carboxylic acid groups (broad SMARTS) is 1. The fourth-order valence-electron chi connectivity index (χ4n) is 3.50. The van der Waals surface area contributed by atoms with Gasteiger partial charge in [0.25, 0.3) is 5.91 Å². The third kappa shape index (κ3) is 3.66. The van der Waals surface area contributed by atoms with Crippen molar-refractivity contribution in [2.75, 3.05) is 24.7 Å². The van der Waals surface area contributed by atoms with Crippen LogP contribution >= 0.6 is 0 Å². The molecular formula is C18H22N2O5. The fourth-order valence-corrected chi connectivity index (χ4v) is 3.50. The van der Waals surface area contributed by atoms with Gasteiger partial charge < -0.3 is 20.1 Å². The highest BCUT2D eigenvalue weighted by molar-refractivity contribution is 5.99. The number of hydrogen-bond donors (Lipinski definition) is 2. The highest BCUT2D eigenvalue weighted by atomic mass is 16.5. The van der Waals surface area contributed by atoms with E-state index in [9.17, 15) is 19.5 Å². The molecule has 1 aromatic rings. The van der Waals surface area contributed by atoms with E-state index in [1.54, 1.807) is 23.1 Å². The first-order valence-electron chi connectivity index (χ1n) is 8.50. The molecule has 2 atom stereocenters. The van der Waals surface area contributed by atoms with Gasteiger partial charge in [0.2, 0.25) is 5.91 Å². The van der Waals surface area contributed by atoms with Crippen molar-refractivity contribution in [1.29, 1.82) is 0 Å². The van der Waals surface area contributed by atoms with Crippen LogP contribution in [-0.4, -0.2) is 48.7 Å². The molecule has 134 valence electrons. The van der Waals surface area contributed by atoms with Crippen LogP contribution in [0.5, 0.6) is 0 Å². The smallest absolute Gasteiger partial charge is 0.326 e. The van der Waals surface area contributed by atoms with Crippen molar-refractivity contribution in [3.8, 4) is 0 Å². The molecule has 2 N–H and O–H groups in total. The molecule has 2 aliphatic rings. The Morgan fingerprint density at radius 1 is 1.36 bits per heavy atom. The predicted octanol–water partition coefficient (Wildman–Crippen LogP) is 1.21. The van der Waals surface area contributed by atoms with Gasteiger partial charge in [-0.1, -0.05) is 0 Å². The summed E-state index contributed by atoms with van der Waals surface area (Å²) in [6, 6.07) is 4.16.